The predicted molar refractivity (Wildman–Crippen MR) is 130 cm³/mol. The van der Waals surface area contributed by atoms with Crippen LogP contribution in [0.1, 0.15) is 60.5 Å². The Kier molecular flexibility index (Phi) is 6.93. The lowest BCUT2D eigenvalue weighted by molar-refractivity contribution is 0.0593. The molecule has 4 rings (SSSR count). The van der Waals surface area contributed by atoms with E-state index in [2.05, 4.69) is 0 Å². The zero-order valence-corrected chi connectivity index (χ0v) is 20.3. The van der Waals surface area contributed by atoms with Crippen LogP contribution < -0.4 is 14.9 Å². The Balaban J connectivity index is 1.84. The normalized spacial score (nSPS) is 15.3. The van der Waals surface area contributed by atoms with E-state index in [4.69, 9.17) is 18.6 Å². The molecule has 0 saturated carbocycles. The molecule has 180 valence electrons. The summed E-state index contributed by atoms with van der Waals surface area (Å²) in [5.74, 6) is 0.960. The molecule has 1 amide bonds. The van der Waals surface area contributed by atoms with Crippen LogP contribution in [0, 0.1) is 6.92 Å². The average molecular weight is 466 g/mol. The number of rotatable bonds is 9. The maximum absolute atomic E-state index is 13.7. The molecule has 0 N–H and O–H groups in total. The predicted octanol–water partition coefficient (Wildman–Crippen LogP) is 4.87. The highest BCUT2D eigenvalue weighted by Gasteiger charge is 2.42. The smallest absolute Gasteiger partial charge is 0.290 e. The molecular formula is C27H31NO6. The Bertz CT molecular complexity index is 1260. The van der Waals surface area contributed by atoms with Gasteiger partial charge in [0.1, 0.15) is 5.58 Å². The van der Waals surface area contributed by atoms with Crippen LogP contribution in [0.15, 0.2) is 45.6 Å². The molecule has 0 aliphatic carbocycles. The van der Waals surface area contributed by atoms with E-state index in [1.165, 1.54) is 0 Å². The summed E-state index contributed by atoms with van der Waals surface area (Å²) in [7, 11) is 1.57. The van der Waals surface area contributed by atoms with Crippen molar-refractivity contribution in [1.82, 2.24) is 4.90 Å². The van der Waals surface area contributed by atoms with Gasteiger partial charge in [-0.05, 0) is 63.9 Å². The summed E-state index contributed by atoms with van der Waals surface area (Å²) in [5, 5.41) is 0.472. The van der Waals surface area contributed by atoms with Gasteiger partial charge in [0.2, 0.25) is 5.76 Å². The van der Waals surface area contributed by atoms with Gasteiger partial charge in [-0.3, -0.25) is 9.59 Å². The quantitative estimate of drug-likeness (QED) is 0.420. The second-order valence-electron chi connectivity index (χ2n) is 8.69. The Hall–Kier alpha value is -3.32. The number of aryl methyl sites for hydroxylation is 1. The first kappa shape index (κ1) is 23.8. The number of hydrogen-bond donors (Lipinski definition) is 0. The van der Waals surface area contributed by atoms with Crippen molar-refractivity contribution in [2.45, 2.75) is 46.3 Å². The van der Waals surface area contributed by atoms with Gasteiger partial charge in [-0.25, -0.2) is 0 Å². The van der Waals surface area contributed by atoms with Crippen molar-refractivity contribution in [1.29, 1.82) is 0 Å². The zero-order chi connectivity index (χ0) is 24.4. The third kappa shape index (κ3) is 4.40. The van der Waals surface area contributed by atoms with Crippen LogP contribution in [-0.4, -0.2) is 43.8 Å². The fourth-order valence-electron chi connectivity index (χ4n) is 4.39. The van der Waals surface area contributed by atoms with Gasteiger partial charge in [0, 0.05) is 13.2 Å². The maximum Gasteiger partial charge on any atom is 0.290 e. The van der Waals surface area contributed by atoms with Crippen molar-refractivity contribution in [3.63, 3.8) is 0 Å². The standard InChI is InChI=1S/C27H31NO6/c1-6-32-21-11-9-18(15-22(21)31-5)24-23-25(29)19-14-17(4)8-10-20(19)34-26(23)27(30)28(24)12-7-13-33-16(2)3/h8-11,14-16,24H,6-7,12-13H2,1-5H3. The number of amides is 1. The monoisotopic (exact) mass is 465 g/mol. The Labute approximate surface area is 199 Å². The van der Waals surface area contributed by atoms with Crippen LogP contribution in [0.25, 0.3) is 11.0 Å². The lowest BCUT2D eigenvalue weighted by Crippen LogP contribution is -2.31. The number of carbonyl (C=O) groups excluding carboxylic acids is 1. The summed E-state index contributed by atoms with van der Waals surface area (Å²) in [6, 6.07) is 10.3. The second-order valence-corrected chi connectivity index (χ2v) is 8.69. The maximum atomic E-state index is 13.7. The number of methoxy groups -OCH3 is 1. The summed E-state index contributed by atoms with van der Waals surface area (Å²) >= 11 is 0. The van der Waals surface area contributed by atoms with Crippen molar-refractivity contribution in [2.75, 3.05) is 26.9 Å². The Morgan fingerprint density at radius 2 is 1.88 bits per heavy atom. The fraction of sp³-hybridized carbons (Fsp3) is 0.407. The molecule has 2 aromatic carbocycles. The molecule has 0 radical (unpaired) electrons. The molecule has 0 spiro atoms. The number of carbonyl (C=O) groups is 1. The molecule has 2 heterocycles. The Morgan fingerprint density at radius 1 is 1.09 bits per heavy atom. The third-order valence-corrected chi connectivity index (χ3v) is 5.92. The van der Waals surface area contributed by atoms with Gasteiger partial charge >= 0.3 is 0 Å². The molecule has 0 saturated heterocycles. The van der Waals surface area contributed by atoms with Crippen LogP contribution in [0.3, 0.4) is 0 Å². The van der Waals surface area contributed by atoms with Gasteiger partial charge in [0.15, 0.2) is 16.9 Å². The van der Waals surface area contributed by atoms with Gasteiger partial charge in [0.05, 0.1) is 36.8 Å². The molecule has 1 aliphatic rings. The SMILES string of the molecule is CCOc1ccc(C2c3c(oc4ccc(C)cc4c3=O)C(=O)N2CCCOC(C)C)cc1OC. The largest absolute Gasteiger partial charge is 0.493 e. The molecule has 7 nitrogen and oxygen atoms in total. The van der Waals surface area contributed by atoms with Gasteiger partial charge in [0.25, 0.3) is 5.91 Å². The minimum atomic E-state index is -0.590. The summed E-state index contributed by atoms with van der Waals surface area (Å²) in [6.45, 7) is 9.21. The number of fused-ring (bicyclic) bond motifs is 2. The van der Waals surface area contributed by atoms with Crippen molar-refractivity contribution in [3.8, 4) is 11.5 Å². The highest BCUT2D eigenvalue weighted by Crippen LogP contribution is 2.41. The van der Waals surface area contributed by atoms with Gasteiger partial charge in [-0.1, -0.05) is 17.7 Å². The number of benzene rings is 2. The molecular weight excluding hydrogens is 434 g/mol. The molecule has 1 aliphatic heterocycles. The highest BCUT2D eigenvalue weighted by molar-refractivity contribution is 5.99. The first-order valence-corrected chi connectivity index (χ1v) is 11.7. The van der Waals surface area contributed by atoms with E-state index in [1.807, 2.05) is 52.0 Å². The molecule has 0 fully saturated rings. The summed E-state index contributed by atoms with van der Waals surface area (Å²) in [6.07, 6.45) is 0.740. The molecule has 0 bridgehead atoms. The third-order valence-electron chi connectivity index (χ3n) is 5.92. The molecule has 34 heavy (non-hydrogen) atoms. The number of ether oxygens (including phenoxy) is 3. The van der Waals surface area contributed by atoms with E-state index < -0.39 is 6.04 Å². The van der Waals surface area contributed by atoms with E-state index in [1.54, 1.807) is 24.1 Å². The summed E-state index contributed by atoms with van der Waals surface area (Å²) in [5.41, 5.74) is 2.30. The van der Waals surface area contributed by atoms with Crippen molar-refractivity contribution in [2.24, 2.45) is 0 Å². The van der Waals surface area contributed by atoms with Crippen LogP contribution in [0.4, 0.5) is 0 Å². The average Bonchev–Trinajstić information content (AvgIpc) is 3.09. The van der Waals surface area contributed by atoms with Crippen molar-refractivity contribution in [3.05, 3.63) is 69.1 Å². The van der Waals surface area contributed by atoms with Crippen molar-refractivity contribution >= 4 is 16.9 Å². The van der Waals surface area contributed by atoms with E-state index in [0.29, 0.717) is 54.2 Å². The first-order chi connectivity index (χ1) is 16.3. The molecule has 1 aromatic heterocycles. The second kappa shape index (κ2) is 9.89. The zero-order valence-electron chi connectivity index (χ0n) is 20.3. The van der Waals surface area contributed by atoms with Gasteiger partial charge in [-0.2, -0.15) is 0 Å². The minimum absolute atomic E-state index is 0.101. The first-order valence-electron chi connectivity index (χ1n) is 11.7. The van der Waals surface area contributed by atoms with E-state index >= 15 is 0 Å². The molecule has 3 aromatic rings. The van der Waals surface area contributed by atoms with Gasteiger partial charge in [-0.15, -0.1) is 0 Å². The molecule has 1 unspecified atom stereocenters. The number of hydrogen-bond acceptors (Lipinski definition) is 6. The van der Waals surface area contributed by atoms with Crippen molar-refractivity contribution < 1.29 is 23.4 Å². The summed E-state index contributed by atoms with van der Waals surface area (Å²) in [4.78, 5) is 28.9. The van der Waals surface area contributed by atoms with Crippen LogP contribution >= 0.6 is 0 Å². The fourth-order valence-corrected chi connectivity index (χ4v) is 4.39. The van der Waals surface area contributed by atoms with E-state index in [9.17, 15) is 9.59 Å². The van der Waals surface area contributed by atoms with E-state index in [0.717, 1.165) is 11.1 Å². The lowest BCUT2D eigenvalue weighted by Gasteiger charge is -2.26. The summed E-state index contributed by atoms with van der Waals surface area (Å²) < 4.78 is 22.9. The van der Waals surface area contributed by atoms with Crippen LogP contribution in [-0.2, 0) is 4.74 Å². The highest BCUT2D eigenvalue weighted by atomic mass is 16.5. The minimum Gasteiger partial charge on any atom is -0.493 e. The lowest BCUT2D eigenvalue weighted by atomic mass is 9.97. The van der Waals surface area contributed by atoms with E-state index in [-0.39, 0.29) is 23.2 Å². The molecule has 1 atom stereocenters. The number of nitrogens with zero attached hydrogens (tertiary/aromatic N) is 1. The van der Waals surface area contributed by atoms with Crippen LogP contribution in [0.5, 0.6) is 11.5 Å². The van der Waals surface area contributed by atoms with Gasteiger partial charge < -0.3 is 23.5 Å². The Morgan fingerprint density at radius 3 is 2.59 bits per heavy atom. The topological polar surface area (TPSA) is 78.2 Å². The van der Waals surface area contributed by atoms with Crippen LogP contribution in [0.2, 0.25) is 0 Å². The molecule has 7 heteroatoms.